The zero-order valence-corrected chi connectivity index (χ0v) is 19.6. The second-order valence-corrected chi connectivity index (χ2v) is 9.24. The number of fused-ring (bicyclic) bond motifs is 2. The Morgan fingerprint density at radius 3 is 2.80 bits per heavy atom. The first kappa shape index (κ1) is 21.2. The normalized spacial score (nSPS) is 12.1. The lowest BCUT2D eigenvalue weighted by Gasteiger charge is -2.09. The van der Waals surface area contributed by atoms with Gasteiger partial charge in [0.05, 0.1) is 22.5 Å². The van der Waals surface area contributed by atoms with Crippen LogP contribution in [0.15, 0.2) is 73.1 Å². The standard InChI is InChI=1S/C27H20N4O3S/c1-16-25(12-17-8-9-23-24(11-17)34-15-33-23)35-27(29-16)31-26(32)20-13-22(18-5-4-10-28-14-18)30-21-7-3-2-6-19(20)21/h2-11,13-14H,12,15H2,1H3,(H,29,31,32). The summed E-state index contributed by atoms with van der Waals surface area (Å²) in [6.07, 6.45) is 4.15. The second kappa shape index (κ2) is 8.81. The quantitative estimate of drug-likeness (QED) is 0.351. The second-order valence-electron chi connectivity index (χ2n) is 8.16. The Balaban J connectivity index is 1.29. The highest BCUT2D eigenvalue weighted by atomic mass is 32.1. The molecule has 0 aliphatic carbocycles. The van der Waals surface area contributed by atoms with E-state index in [2.05, 4.69) is 15.3 Å². The SMILES string of the molecule is Cc1nc(NC(=O)c2cc(-c3cccnc3)nc3ccccc23)sc1Cc1ccc2c(c1)OCO2. The van der Waals surface area contributed by atoms with Crippen LogP contribution < -0.4 is 14.8 Å². The molecule has 4 heterocycles. The van der Waals surface area contributed by atoms with Crippen LogP contribution in [0.1, 0.15) is 26.5 Å². The van der Waals surface area contributed by atoms with Gasteiger partial charge in [-0.1, -0.05) is 24.3 Å². The minimum absolute atomic E-state index is 0.225. The van der Waals surface area contributed by atoms with E-state index in [1.54, 1.807) is 12.4 Å². The summed E-state index contributed by atoms with van der Waals surface area (Å²) in [5.74, 6) is 1.29. The largest absolute Gasteiger partial charge is 0.454 e. The maximum absolute atomic E-state index is 13.4. The first-order chi connectivity index (χ1) is 17.1. The summed E-state index contributed by atoms with van der Waals surface area (Å²) in [5, 5.41) is 4.34. The number of aryl methyl sites for hydroxylation is 1. The molecule has 0 unspecified atom stereocenters. The molecule has 0 saturated carbocycles. The number of anilines is 1. The van der Waals surface area contributed by atoms with Gasteiger partial charge in [0.15, 0.2) is 16.6 Å². The summed E-state index contributed by atoms with van der Waals surface area (Å²) in [4.78, 5) is 28.0. The van der Waals surface area contributed by atoms with Crippen LogP contribution in [0.3, 0.4) is 0 Å². The van der Waals surface area contributed by atoms with Gasteiger partial charge in [-0.3, -0.25) is 15.1 Å². The minimum atomic E-state index is -0.225. The van der Waals surface area contributed by atoms with Crippen LogP contribution in [0.2, 0.25) is 0 Å². The molecule has 0 bridgehead atoms. The molecule has 5 aromatic rings. The Labute approximate surface area is 205 Å². The van der Waals surface area contributed by atoms with Crippen molar-refractivity contribution in [2.45, 2.75) is 13.3 Å². The third-order valence-electron chi connectivity index (χ3n) is 5.83. The van der Waals surface area contributed by atoms with Gasteiger partial charge in [0.25, 0.3) is 5.91 Å². The summed E-state index contributed by atoms with van der Waals surface area (Å²) in [6.45, 7) is 2.21. The van der Waals surface area contributed by atoms with E-state index in [9.17, 15) is 4.79 Å². The van der Waals surface area contributed by atoms with E-state index in [0.717, 1.165) is 44.1 Å². The minimum Gasteiger partial charge on any atom is -0.454 e. The van der Waals surface area contributed by atoms with Gasteiger partial charge in [0, 0.05) is 34.6 Å². The van der Waals surface area contributed by atoms with Crippen molar-refractivity contribution < 1.29 is 14.3 Å². The number of amides is 1. The van der Waals surface area contributed by atoms with E-state index in [1.165, 1.54) is 11.3 Å². The fourth-order valence-corrected chi connectivity index (χ4v) is 5.06. The number of carbonyl (C=O) groups is 1. The van der Waals surface area contributed by atoms with E-state index in [0.29, 0.717) is 22.8 Å². The molecule has 1 amide bonds. The molecule has 8 heteroatoms. The Morgan fingerprint density at radius 1 is 1.03 bits per heavy atom. The van der Waals surface area contributed by atoms with Crippen molar-refractivity contribution in [3.63, 3.8) is 0 Å². The molecule has 0 radical (unpaired) electrons. The monoisotopic (exact) mass is 480 g/mol. The number of pyridine rings is 2. The molecule has 35 heavy (non-hydrogen) atoms. The van der Waals surface area contributed by atoms with Crippen LogP contribution in [0.25, 0.3) is 22.2 Å². The Bertz CT molecular complexity index is 1570. The topological polar surface area (TPSA) is 86.2 Å². The number of nitrogens with one attached hydrogen (secondary N) is 1. The Morgan fingerprint density at radius 2 is 1.91 bits per heavy atom. The number of carbonyl (C=O) groups excluding carboxylic acids is 1. The third kappa shape index (κ3) is 4.20. The van der Waals surface area contributed by atoms with Crippen LogP contribution in [0, 0.1) is 6.92 Å². The molecule has 172 valence electrons. The van der Waals surface area contributed by atoms with Crippen LogP contribution >= 0.6 is 11.3 Å². The summed E-state index contributed by atoms with van der Waals surface area (Å²) >= 11 is 1.48. The molecule has 0 saturated heterocycles. The molecule has 0 spiro atoms. The fraction of sp³-hybridized carbons (Fsp3) is 0.111. The van der Waals surface area contributed by atoms with Gasteiger partial charge < -0.3 is 9.47 Å². The van der Waals surface area contributed by atoms with E-state index < -0.39 is 0 Å². The molecule has 0 atom stereocenters. The summed E-state index contributed by atoms with van der Waals surface area (Å²) in [6, 6.07) is 19.2. The summed E-state index contributed by atoms with van der Waals surface area (Å²) < 4.78 is 10.9. The highest BCUT2D eigenvalue weighted by Crippen LogP contribution is 2.34. The van der Waals surface area contributed by atoms with Crippen molar-refractivity contribution in [3.8, 4) is 22.8 Å². The predicted octanol–water partition coefficient (Wildman–Crippen LogP) is 5.63. The number of rotatable bonds is 5. The number of hydrogen-bond donors (Lipinski definition) is 1. The maximum atomic E-state index is 13.4. The van der Waals surface area contributed by atoms with Crippen molar-refractivity contribution in [2.75, 3.05) is 12.1 Å². The van der Waals surface area contributed by atoms with Crippen molar-refractivity contribution >= 4 is 33.3 Å². The summed E-state index contributed by atoms with van der Waals surface area (Å²) in [7, 11) is 0. The van der Waals surface area contributed by atoms with Gasteiger partial charge in [0.2, 0.25) is 6.79 Å². The lowest BCUT2D eigenvalue weighted by atomic mass is 10.0. The van der Waals surface area contributed by atoms with Crippen LogP contribution in [-0.2, 0) is 6.42 Å². The fourth-order valence-electron chi connectivity index (χ4n) is 4.07. The van der Waals surface area contributed by atoms with E-state index >= 15 is 0 Å². The molecule has 7 nitrogen and oxygen atoms in total. The average Bonchev–Trinajstić information content (AvgIpc) is 3.49. The van der Waals surface area contributed by atoms with Crippen LogP contribution in [-0.4, -0.2) is 27.7 Å². The molecule has 2 aromatic carbocycles. The van der Waals surface area contributed by atoms with Crippen LogP contribution in [0.4, 0.5) is 5.13 Å². The molecule has 1 N–H and O–H groups in total. The van der Waals surface area contributed by atoms with Crippen molar-refractivity contribution in [3.05, 3.63) is 94.8 Å². The summed E-state index contributed by atoms with van der Waals surface area (Å²) in [5.41, 5.74) is 4.82. The number of benzene rings is 2. The number of nitrogens with zero attached hydrogens (tertiary/aromatic N) is 3. The van der Waals surface area contributed by atoms with Gasteiger partial charge in [-0.15, -0.1) is 11.3 Å². The number of thiazole rings is 1. The number of para-hydroxylation sites is 1. The molecule has 1 aliphatic rings. The number of ether oxygens (including phenoxy) is 2. The third-order valence-corrected chi connectivity index (χ3v) is 6.91. The van der Waals surface area contributed by atoms with E-state index in [1.807, 2.05) is 67.6 Å². The first-order valence-electron chi connectivity index (χ1n) is 11.1. The van der Waals surface area contributed by atoms with Crippen molar-refractivity contribution in [1.82, 2.24) is 15.0 Å². The molecule has 1 aliphatic heterocycles. The van der Waals surface area contributed by atoms with Crippen molar-refractivity contribution in [1.29, 1.82) is 0 Å². The highest BCUT2D eigenvalue weighted by Gasteiger charge is 2.18. The maximum Gasteiger partial charge on any atom is 0.258 e. The van der Waals surface area contributed by atoms with E-state index in [4.69, 9.17) is 14.5 Å². The lowest BCUT2D eigenvalue weighted by molar-refractivity contribution is 0.102. The van der Waals surface area contributed by atoms with Gasteiger partial charge in [-0.05, 0) is 48.9 Å². The Kier molecular flexibility index (Phi) is 5.35. The van der Waals surface area contributed by atoms with Gasteiger partial charge in [-0.2, -0.15) is 0 Å². The predicted molar refractivity (Wildman–Crippen MR) is 135 cm³/mol. The number of hydrogen-bond acceptors (Lipinski definition) is 7. The first-order valence-corrected chi connectivity index (χ1v) is 11.9. The lowest BCUT2D eigenvalue weighted by Crippen LogP contribution is -2.13. The zero-order chi connectivity index (χ0) is 23.8. The molecular formula is C27H20N4O3S. The zero-order valence-electron chi connectivity index (χ0n) is 18.8. The molecule has 6 rings (SSSR count). The molecule has 0 fully saturated rings. The molecule has 3 aromatic heterocycles. The van der Waals surface area contributed by atoms with Crippen LogP contribution in [0.5, 0.6) is 11.5 Å². The molecular weight excluding hydrogens is 460 g/mol. The smallest absolute Gasteiger partial charge is 0.258 e. The van der Waals surface area contributed by atoms with Crippen molar-refractivity contribution in [2.24, 2.45) is 0 Å². The van der Waals surface area contributed by atoms with Gasteiger partial charge >= 0.3 is 0 Å². The van der Waals surface area contributed by atoms with Gasteiger partial charge in [0.1, 0.15) is 0 Å². The average molecular weight is 481 g/mol. The Hall–Kier alpha value is -4.30. The van der Waals surface area contributed by atoms with E-state index in [-0.39, 0.29) is 12.7 Å². The highest BCUT2D eigenvalue weighted by molar-refractivity contribution is 7.15. The van der Waals surface area contributed by atoms with Gasteiger partial charge in [-0.25, -0.2) is 9.97 Å². The number of aromatic nitrogens is 3.